The largest absolute Gasteiger partial charge is 0.308 e. The Bertz CT molecular complexity index is 503. The first-order chi connectivity index (χ1) is 8.13. The molecule has 1 aromatic carbocycles. The number of hydrogen-bond donors (Lipinski definition) is 1. The molecule has 0 radical (unpaired) electrons. The lowest BCUT2D eigenvalue weighted by Crippen LogP contribution is -2.21. The van der Waals surface area contributed by atoms with Crippen LogP contribution in [0.4, 0.5) is 0 Å². The fraction of sp³-hybridized carbons (Fsp3) is 0.250. The minimum atomic E-state index is 0.120. The maximum Gasteiger partial charge on any atom is 0.0757 e. The molecule has 1 unspecified atom stereocenters. The van der Waals surface area contributed by atoms with Gasteiger partial charge in [-0.1, -0.05) is 28.1 Å². The van der Waals surface area contributed by atoms with Crippen LogP contribution in [0.25, 0.3) is 0 Å². The Morgan fingerprint density at radius 1 is 1.35 bits per heavy atom. The third kappa shape index (κ3) is 2.61. The van der Waals surface area contributed by atoms with Crippen LogP contribution in [0.3, 0.4) is 0 Å². The van der Waals surface area contributed by atoms with Crippen molar-refractivity contribution in [1.82, 2.24) is 15.1 Å². The molecule has 0 aliphatic heterocycles. The van der Waals surface area contributed by atoms with Crippen LogP contribution in [-0.2, 0) is 7.05 Å². The number of rotatable bonds is 3. The van der Waals surface area contributed by atoms with Crippen molar-refractivity contribution in [2.45, 2.75) is 6.04 Å². The van der Waals surface area contributed by atoms with Gasteiger partial charge in [-0.2, -0.15) is 5.10 Å². The number of hydrogen-bond acceptors (Lipinski definition) is 2. The van der Waals surface area contributed by atoms with Crippen molar-refractivity contribution in [3.05, 3.63) is 50.7 Å². The molecule has 2 rings (SSSR count). The monoisotopic (exact) mass is 357 g/mol. The van der Waals surface area contributed by atoms with Gasteiger partial charge in [0.15, 0.2) is 0 Å². The van der Waals surface area contributed by atoms with E-state index >= 15 is 0 Å². The minimum Gasteiger partial charge on any atom is -0.308 e. The van der Waals surface area contributed by atoms with Crippen molar-refractivity contribution < 1.29 is 0 Å². The van der Waals surface area contributed by atoms with Gasteiger partial charge in [0.2, 0.25) is 0 Å². The highest BCUT2D eigenvalue weighted by Crippen LogP contribution is 2.29. The van der Waals surface area contributed by atoms with Crippen molar-refractivity contribution in [3.8, 4) is 0 Å². The molecule has 90 valence electrons. The van der Waals surface area contributed by atoms with Crippen LogP contribution in [0.15, 0.2) is 39.4 Å². The van der Waals surface area contributed by atoms with E-state index in [4.69, 9.17) is 0 Å². The summed E-state index contributed by atoms with van der Waals surface area (Å²) in [7, 11) is 3.90. The Balaban J connectivity index is 2.47. The predicted molar refractivity (Wildman–Crippen MR) is 76.0 cm³/mol. The second kappa shape index (κ2) is 5.33. The molecule has 0 fully saturated rings. The Labute approximate surface area is 117 Å². The zero-order valence-corrected chi connectivity index (χ0v) is 12.8. The highest BCUT2D eigenvalue weighted by Gasteiger charge is 2.19. The van der Waals surface area contributed by atoms with Crippen LogP contribution in [0.1, 0.15) is 17.3 Å². The third-order valence-electron chi connectivity index (χ3n) is 2.68. The summed E-state index contributed by atoms with van der Waals surface area (Å²) >= 11 is 7.04. The Kier molecular flexibility index (Phi) is 4.01. The number of nitrogens with one attached hydrogen (secondary N) is 1. The van der Waals surface area contributed by atoms with Crippen molar-refractivity contribution in [2.24, 2.45) is 7.05 Å². The van der Waals surface area contributed by atoms with Gasteiger partial charge >= 0.3 is 0 Å². The van der Waals surface area contributed by atoms with Gasteiger partial charge in [0.05, 0.1) is 22.4 Å². The summed E-state index contributed by atoms with van der Waals surface area (Å²) in [6.45, 7) is 0. The van der Waals surface area contributed by atoms with E-state index < -0.39 is 0 Å². The fourth-order valence-corrected chi connectivity index (χ4v) is 2.89. The molecule has 0 bridgehead atoms. The van der Waals surface area contributed by atoms with Gasteiger partial charge in [-0.25, -0.2) is 0 Å². The summed E-state index contributed by atoms with van der Waals surface area (Å²) in [4.78, 5) is 0. The molecule has 0 aliphatic carbocycles. The van der Waals surface area contributed by atoms with Crippen molar-refractivity contribution in [2.75, 3.05) is 7.05 Å². The van der Waals surface area contributed by atoms with Crippen LogP contribution < -0.4 is 5.32 Å². The third-order valence-corrected chi connectivity index (χ3v) is 3.79. The maximum absolute atomic E-state index is 4.25. The molecule has 0 aliphatic rings. The maximum atomic E-state index is 4.25. The van der Waals surface area contributed by atoms with Gasteiger partial charge in [-0.05, 0) is 40.7 Å². The van der Waals surface area contributed by atoms with Crippen LogP contribution in [0, 0.1) is 0 Å². The summed E-state index contributed by atoms with van der Waals surface area (Å²) in [5, 5.41) is 7.57. The van der Waals surface area contributed by atoms with Crippen LogP contribution in [0.2, 0.25) is 0 Å². The van der Waals surface area contributed by atoms with E-state index in [1.54, 1.807) is 0 Å². The molecule has 0 saturated heterocycles. The number of aryl methyl sites for hydroxylation is 1. The topological polar surface area (TPSA) is 29.9 Å². The molecule has 0 amide bonds. The van der Waals surface area contributed by atoms with Gasteiger partial charge < -0.3 is 5.32 Å². The summed E-state index contributed by atoms with van der Waals surface area (Å²) in [5.74, 6) is 0. The molecule has 0 saturated carbocycles. The van der Waals surface area contributed by atoms with Gasteiger partial charge in [0.25, 0.3) is 0 Å². The Morgan fingerprint density at radius 3 is 2.65 bits per heavy atom. The van der Waals surface area contributed by atoms with Crippen LogP contribution >= 0.6 is 31.9 Å². The first-order valence-corrected chi connectivity index (χ1v) is 6.82. The predicted octanol–water partition coefficient (Wildman–Crippen LogP) is 3.25. The summed E-state index contributed by atoms with van der Waals surface area (Å²) in [6, 6.07) is 8.39. The van der Waals surface area contributed by atoms with Crippen molar-refractivity contribution in [1.29, 1.82) is 0 Å². The molecule has 17 heavy (non-hydrogen) atoms. The van der Waals surface area contributed by atoms with Gasteiger partial charge in [-0.3, -0.25) is 4.68 Å². The van der Waals surface area contributed by atoms with Crippen LogP contribution in [-0.4, -0.2) is 16.8 Å². The van der Waals surface area contributed by atoms with Crippen molar-refractivity contribution >= 4 is 31.9 Å². The number of aromatic nitrogens is 2. The molecule has 0 spiro atoms. The highest BCUT2D eigenvalue weighted by atomic mass is 79.9. The molecular formula is C12H13Br2N3. The highest BCUT2D eigenvalue weighted by molar-refractivity contribution is 9.10. The first kappa shape index (κ1) is 12.8. The minimum absolute atomic E-state index is 0.120. The molecule has 1 heterocycles. The first-order valence-electron chi connectivity index (χ1n) is 5.23. The molecule has 2 aromatic rings. The molecule has 3 nitrogen and oxygen atoms in total. The Morgan fingerprint density at radius 2 is 2.12 bits per heavy atom. The zero-order chi connectivity index (χ0) is 12.4. The number of halogens is 2. The standard InChI is InChI=1S/C12H13Br2N3/c1-15-11(8-4-3-5-9(13)6-8)12-10(14)7-16-17(12)2/h3-7,11,15H,1-2H3. The van der Waals surface area contributed by atoms with E-state index in [-0.39, 0.29) is 6.04 Å². The lowest BCUT2D eigenvalue weighted by molar-refractivity contribution is 0.604. The summed E-state index contributed by atoms with van der Waals surface area (Å²) in [6.07, 6.45) is 1.82. The smallest absolute Gasteiger partial charge is 0.0757 e. The lowest BCUT2D eigenvalue weighted by atomic mass is 10.0. The molecule has 1 atom stereocenters. The van der Waals surface area contributed by atoms with Gasteiger partial charge in [0.1, 0.15) is 0 Å². The van der Waals surface area contributed by atoms with Crippen LogP contribution in [0.5, 0.6) is 0 Å². The molecule has 1 N–H and O–H groups in total. The quantitative estimate of drug-likeness (QED) is 0.912. The number of benzene rings is 1. The van der Waals surface area contributed by atoms with Crippen molar-refractivity contribution in [3.63, 3.8) is 0 Å². The second-order valence-electron chi connectivity index (χ2n) is 3.78. The summed E-state index contributed by atoms with van der Waals surface area (Å²) in [5.41, 5.74) is 2.32. The Hall–Kier alpha value is -0.650. The van der Waals surface area contributed by atoms with E-state index in [2.05, 4.69) is 54.4 Å². The molecule has 1 aromatic heterocycles. The number of nitrogens with zero attached hydrogens (tertiary/aromatic N) is 2. The normalized spacial score (nSPS) is 12.7. The fourth-order valence-electron chi connectivity index (χ4n) is 1.89. The van der Waals surface area contributed by atoms with E-state index in [0.717, 1.165) is 14.6 Å². The van der Waals surface area contributed by atoms with E-state index in [0.29, 0.717) is 0 Å². The van der Waals surface area contributed by atoms with Gasteiger partial charge in [-0.15, -0.1) is 0 Å². The van der Waals surface area contributed by atoms with Gasteiger partial charge in [0, 0.05) is 11.5 Å². The molecule has 5 heteroatoms. The van der Waals surface area contributed by atoms with E-state index in [1.807, 2.05) is 37.1 Å². The van der Waals surface area contributed by atoms with E-state index in [9.17, 15) is 0 Å². The molecular weight excluding hydrogens is 346 g/mol. The average Bonchev–Trinajstić information content (AvgIpc) is 2.62. The second-order valence-corrected chi connectivity index (χ2v) is 5.55. The SMILES string of the molecule is CNC(c1cccc(Br)c1)c1c(Br)cnn1C. The lowest BCUT2D eigenvalue weighted by Gasteiger charge is -2.18. The summed E-state index contributed by atoms with van der Waals surface area (Å²) < 4.78 is 3.97. The van der Waals surface area contributed by atoms with E-state index in [1.165, 1.54) is 5.56 Å². The average molecular weight is 359 g/mol. The zero-order valence-electron chi connectivity index (χ0n) is 9.61.